The van der Waals surface area contributed by atoms with Crippen molar-refractivity contribution in [2.45, 2.75) is 48.9 Å². The summed E-state index contributed by atoms with van der Waals surface area (Å²) in [5, 5.41) is 9.51. The van der Waals surface area contributed by atoms with Crippen LogP contribution in [0.1, 0.15) is 31.2 Å². The molecule has 0 aromatic heterocycles. The molecule has 4 nitrogen and oxygen atoms in total. The van der Waals surface area contributed by atoms with Crippen LogP contribution in [0.5, 0.6) is 0 Å². The largest absolute Gasteiger partial charge is 0.416 e. The van der Waals surface area contributed by atoms with Gasteiger partial charge in [-0.15, -0.1) is 0 Å². The molecule has 0 bridgehead atoms. The van der Waals surface area contributed by atoms with E-state index in [0.29, 0.717) is 25.7 Å². The highest BCUT2D eigenvalue weighted by Gasteiger charge is 2.31. The number of rotatable bonds is 3. The molecule has 0 unspecified atom stereocenters. The Morgan fingerprint density at radius 2 is 1.76 bits per heavy atom. The molecule has 8 heteroatoms. The van der Waals surface area contributed by atoms with Crippen LogP contribution in [0.2, 0.25) is 0 Å². The number of hydrogen-bond donors (Lipinski definition) is 2. The van der Waals surface area contributed by atoms with Crippen LogP contribution < -0.4 is 4.72 Å². The first-order valence-corrected chi connectivity index (χ1v) is 8.04. The maximum absolute atomic E-state index is 12.4. The number of sulfonamides is 1. The summed E-state index contributed by atoms with van der Waals surface area (Å²) in [5.41, 5.74) is -0.894. The van der Waals surface area contributed by atoms with Gasteiger partial charge in [-0.3, -0.25) is 0 Å². The Labute approximate surface area is 121 Å². The first kappa shape index (κ1) is 16.3. The lowest BCUT2D eigenvalue weighted by Crippen LogP contribution is -2.39. The normalized spacial score (nSPS) is 24.0. The minimum absolute atomic E-state index is 0.212. The van der Waals surface area contributed by atoms with E-state index in [0.717, 1.165) is 24.3 Å². The first-order valence-electron chi connectivity index (χ1n) is 6.56. The predicted molar refractivity (Wildman–Crippen MR) is 70.0 cm³/mol. The fraction of sp³-hybridized carbons (Fsp3) is 0.538. The Morgan fingerprint density at radius 1 is 1.14 bits per heavy atom. The van der Waals surface area contributed by atoms with Gasteiger partial charge >= 0.3 is 6.18 Å². The number of hydrogen-bond acceptors (Lipinski definition) is 3. The lowest BCUT2D eigenvalue weighted by molar-refractivity contribution is -0.137. The standard InChI is InChI=1S/C13H16F3NO3S/c14-13(15,16)9-4-6-12(7-5-9)21(19,20)17-10-2-1-3-11(18)8-10/h4-7,10-11,17-18H,1-3,8H2/t10-,11-/m1/s1. The van der Waals surface area contributed by atoms with Crippen molar-refractivity contribution in [1.82, 2.24) is 4.72 Å². The molecule has 0 saturated heterocycles. The number of nitrogens with one attached hydrogen (secondary N) is 1. The molecule has 1 saturated carbocycles. The third kappa shape index (κ3) is 4.18. The Morgan fingerprint density at radius 3 is 2.29 bits per heavy atom. The fourth-order valence-electron chi connectivity index (χ4n) is 2.38. The third-order valence-corrected chi connectivity index (χ3v) is 5.00. The molecular weight excluding hydrogens is 307 g/mol. The number of benzene rings is 1. The predicted octanol–water partition coefficient (Wildman–Crippen LogP) is 2.29. The van der Waals surface area contributed by atoms with Crippen molar-refractivity contribution in [1.29, 1.82) is 0 Å². The van der Waals surface area contributed by atoms with E-state index in [-0.39, 0.29) is 10.9 Å². The van der Waals surface area contributed by atoms with Crippen molar-refractivity contribution >= 4 is 10.0 Å². The number of aliphatic hydroxyl groups is 1. The van der Waals surface area contributed by atoms with Gasteiger partial charge in [-0.1, -0.05) is 0 Å². The minimum Gasteiger partial charge on any atom is -0.393 e. The molecule has 1 aromatic carbocycles. The van der Waals surface area contributed by atoms with Crippen molar-refractivity contribution in [2.24, 2.45) is 0 Å². The van der Waals surface area contributed by atoms with Crippen molar-refractivity contribution in [3.05, 3.63) is 29.8 Å². The van der Waals surface area contributed by atoms with Gasteiger partial charge < -0.3 is 5.11 Å². The fourth-order valence-corrected chi connectivity index (χ4v) is 3.66. The zero-order valence-electron chi connectivity index (χ0n) is 11.1. The molecule has 0 amide bonds. The van der Waals surface area contributed by atoms with Gasteiger partial charge in [0, 0.05) is 6.04 Å². The summed E-state index contributed by atoms with van der Waals surface area (Å²) < 4.78 is 63.9. The molecule has 1 aliphatic rings. The molecule has 2 rings (SSSR count). The molecule has 21 heavy (non-hydrogen) atoms. The summed E-state index contributed by atoms with van der Waals surface area (Å²) in [6.45, 7) is 0. The van der Waals surface area contributed by atoms with Crippen LogP contribution in [-0.2, 0) is 16.2 Å². The van der Waals surface area contributed by atoms with E-state index in [1.807, 2.05) is 0 Å². The first-order chi connectivity index (χ1) is 9.68. The lowest BCUT2D eigenvalue weighted by atomic mass is 9.94. The summed E-state index contributed by atoms with van der Waals surface area (Å²) in [7, 11) is -3.87. The molecule has 1 fully saturated rings. The van der Waals surface area contributed by atoms with Crippen LogP contribution in [0.4, 0.5) is 13.2 Å². The molecule has 1 aromatic rings. The van der Waals surface area contributed by atoms with Gasteiger partial charge in [-0.2, -0.15) is 13.2 Å². The lowest BCUT2D eigenvalue weighted by Gasteiger charge is -2.26. The van der Waals surface area contributed by atoms with E-state index >= 15 is 0 Å². The molecule has 2 atom stereocenters. The molecule has 0 heterocycles. The van der Waals surface area contributed by atoms with E-state index in [1.54, 1.807) is 0 Å². The summed E-state index contributed by atoms with van der Waals surface area (Å²) >= 11 is 0. The van der Waals surface area contributed by atoms with Gasteiger partial charge in [-0.25, -0.2) is 13.1 Å². The maximum Gasteiger partial charge on any atom is 0.416 e. The summed E-state index contributed by atoms with van der Waals surface area (Å²) in [6, 6.07) is 2.96. The van der Waals surface area contributed by atoms with Crippen molar-refractivity contribution < 1.29 is 26.7 Å². The van der Waals surface area contributed by atoms with Gasteiger partial charge in [0.2, 0.25) is 10.0 Å². The van der Waals surface area contributed by atoms with Gasteiger partial charge in [-0.05, 0) is 49.9 Å². The van der Waals surface area contributed by atoms with E-state index in [2.05, 4.69) is 4.72 Å². The Kier molecular flexibility index (Phi) is 4.60. The van der Waals surface area contributed by atoms with E-state index < -0.39 is 27.9 Å². The summed E-state index contributed by atoms with van der Waals surface area (Å²) in [6.07, 6.45) is -2.76. The van der Waals surface area contributed by atoms with Crippen LogP contribution in [0.15, 0.2) is 29.2 Å². The highest BCUT2D eigenvalue weighted by Crippen LogP contribution is 2.30. The zero-order valence-corrected chi connectivity index (χ0v) is 11.9. The van der Waals surface area contributed by atoms with Crippen LogP contribution in [-0.4, -0.2) is 25.7 Å². The quantitative estimate of drug-likeness (QED) is 0.897. The minimum atomic E-state index is -4.50. The van der Waals surface area contributed by atoms with Gasteiger partial charge in [0.1, 0.15) is 0 Å². The SMILES string of the molecule is O=S(=O)(N[C@@H]1CCC[C@@H](O)C1)c1ccc(C(F)(F)F)cc1. The second-order valence-corrected chi connectivity index (χ2v) is 6.87. The number of alkyl halides is 3. The van der Waals surface area contributed by atoms with Crippen LogP contribution in [0.25, 0.3) is 0 Å². The maximum atomic E-state index is 12.4. The number of halogens is 3. The summed E-state index contributed by atoms with van der Waals surface area (Å²) in [5.74, 6) is 0. The van der Waals surface area contributed by atoms with Crippen LogP contribution >= 0.6 is 0 Å². The highest BCUT2D eigenvalue weighted by atomic mass is 32.2. The van der Waals surface area contributed by atoms with Crippen molar-refractivity contribution in [2.75, 3.05) is 0 Å². The zero-order chi connectivity index (χ0) is 15.7. The molecule has 2 N–H and O–H groups in total. The van der Waals surface area contributed by atoms with E-state index in [1.165, 1.54) is 0 Å². The van der Waals surface area contributed by atoms with Crippen LogP contribution in [0, 0.1) is 0 Å². The molecule has 0 radical (unpaired) electrons. The second-order valence-electron chi connectivity index (χ2n) is 5.16. The van der Waals surface area contributed by atoms with Gasteiger partial charge in [0.25, 0.3) is 0 Å². The van der Waals surface area contributed by atoms with E-state index in [4.69, 9.17) is 0 Å². The number of aliphatic hydroxyl groups excluding tert-OH is 1. The Hall–Kier alpha value is -1.12. The average molecular weight is 323 g/mol. The smallest absolute Gasteiger partial charge is 0.393 e. The third-order valence-electron chi connectivity index (χ3n) is 3.46. The second kappa shape index (κ2) is 5.94. The molecular formula is C13H16F3NO3S. The summed E-state index contributed by atoms with van der Waals surface area (Å²) in [4.78, 5) is -0.212. The van der Waals surface area contributed by atoms with Gasteiger partial charge in [0.15, 0.2) is 0 Å². The highest BCUT2D eigenvalue weighted by molar-refractivity contribution is 7.89. The van der Waals surface area contributed by atoms with E-state index in [9.17, 15) is 26.7 Å². The monoisotopic (exact) mass is 323 g/mol. The Balaban J connectivity index is 2.12. The molecule has 118 valence electrons. The molecule has 0 aliphatic heterocycles. The van der Waals surface area contributed by atoms with Gasteiger partial charge in [0.05, 0.1) is 16.6 Å². The van der Waals surface area contributed by atoms with Crippen molar-refractivity contribution in [3.8, 4) is 0 Å². The van der Waals surface area contributed by atoms with Crippen molar-refractivity contribution in [3.63, 3.8) is 0 Å². The van der Waals surface area contributed by atoms with Crippen LogP contribution in [0.3, 0.4) is 0 Å². The molecule has 0 spiro atoms. The average Bonchev–Trinajstić information content (AvgIpc) is 2.37. The molecule has 1 aliphatic carbocycles. The Bertz CT molecular complexity index is 584. The topological polar surface area (TPSA) is 66.4 Å².